The van der Waals surface area contributed by atoms with Crippen LogP contribution in [0, 0.1) is 0 Å². The Balaban J connectivity index is 2.38. The molecule has 0 fully saturated rings. The molecule has 5 nitrogen and oxygen atoms in total. The van der Waals surface area contributed by atoms with Gasteiger partial charge in [-0.1, -0.05) is 23.7 Å². The Morgan fingerprint density at radius 1 is 1.39 bits per heavy atom. The van der Waals surface area contributed by atoms with Gasteiger partial charge in [-0.3, -0.25) is 4.79 Å². The summed E-state index contributed by atoms with van der Waals surface area (Å²) in [5.74, 6) is -1.85. The number of benzene rings is 1. The minimum absolute atomic E-state index is 0.339. The van der Waals surface area contributed by atoms with Crippen LogP contribution in [0.2, 0.25) is 5.02 Å². The van der Waals surface area contributed by atoms with Crippen LogP contribution in [0.3, 0.4) is 0 Å². The second-order valence-corrected chi connectivity index (χ2v) is 4.15. The molecule has 1 aliphatic heterocycles. The summed E-state index contributed by atoms with van der Waals surface area (Å²) in [5.41, 5.74) is 0.265. The van der Waals surface area contributed by atoms with Crippen LogP contribution in [-0.4, -0.2) is 24.1 Å². The molecule has 0 bridgehead atoms. The van der Waals surface area contributed by atoms with Crippen molar-refractivity contribution < 1.29 is 19.4 Å². The third-order valence-corrected chi connectivity index (χ3v) is 2.88. The average Bonchev–Trinajstić information content (AvgIpc) is 2.65. The molecule has 2 rings (SSSR count). The number of halogens is 1. The molecule has 94 valence electrons. The van der Waals surface area contributed by atoms with Crippen LogP contribution in [0.15, 0.2) is 35.6 Å². The quantitative estimate of drug-likeness (QED) is 0.629. The van der Waals surface area contributed by atoms with Crippen LogP contribution >= 0.6 is 11.6 Å². The first kappa shape index (κ1) is 12.4. The van der Waals surface area contributed by atoms with Gasteiger partial charge in [0.15, 0.2) is 5.57 Å². The highest BCUT2D eigenvalue weighted by atomic mass is 35.5. The van der Waals surface area contributed by atoms with Gasteiger partial charge in [-0.05, 0) is 17.7 Å². The largest absolute Gasteiger partial charge is 0.509 e. The highest BCUT2D eigenvalue weighted by Crippen LogP contribution is 2.29. The summed E-state index contributed by atoms with van der Waals surface area (Å²) in [7, 11) is 1.14. The van der Waals surface area contributed by atoms with Crippen molar-refractivity contribution in [2.24, 2.45) is 0 Å². The lowest BCUT2D eigenvalue weighted by Gasteiger charge is -2.11. The van der Waals surface area contributed by atoms with Gasteiger partial charge in [0.1, 0.15) is 11.8 Å². The molecule has 1 unspecified atom stereocenters. The molecule has 1 aromatic carbocycles. The number of carbonyl (C=O) groups is 2. The lowest BCUT2D eigenvalue weighted by Crippen LogP contribution is -2.24. The third kappa shape index (κ3) is 2.04. The maximum atomic E-state index is 11.6. The summed E-state index contributed by atoms with van der Waals surface area (Å²) in [4.78, 5) is 22.9. The Labute approximate surface area is 108 Å². The molecular formula is C12H10ClNO4. The van der Waals surface area contributed by atoms with E-state index in [0.29, 0.717) is 10.6 Å². The van der Waals surface area contributed by atoms with Crippen molar-refractivity contribution >= 4 is 23.5 Å². The number of carbonyl (C=O) groups excluding carboxylic acids is 2. The van der Waals surface area contributed by atoms with Crippen LogP contribution in [0.5, 0.6) is 0 Å². The van der Waals surface area contributed by atoms with Gasteiger partial charge in [0, 0.05) is 5.02 Å². The van der Waals surface area contributed by atoms with Crippen LogP contribution < -0.4 is 5.32 Å². The van der Waals surface area contributed by atoms with Crippen molar-refractivity contribution in [2.75, 3.05) is 7.11 Å². The molecule has 0 saturated heterocycles. The fourth-order valence-electron chi connectivity index (χ4n) is 1.73. The Bertz CT molecular complexity index is 536. The summed E-state index contributed by atoms with van der Waals surface area (Å²) in [5, 5.41) is 12.9. The normalized spacial score (nSPS) is 18.8. The van der Waals surface area contributed by atoms with Gasteiger partial charge in [-0.2, -0.15) is 0 Å². The number of rotatable bonds is 2. The number of methoxy groups -OCH3 is 1. The molecule has 1 heterocycles. The molecule has 1 atom stereocenters. The molecule has 6 heteroatoms. The predicted octanol–water partition coefficient (Wildman–Crippen LogP) is 1.50. The van der Waals surface area contributed by atoms with E-state index in [0.717, 1.165) is 7.11 Å². The predicted molar refractivity (Wildman–Crippen MR) is 64.0 cm³/mol. The van der Waals surface area contributed by atoms with E-state index in [1.54, 1.807) is 24.3 Å². The van der Waals surface area contributed by atoms with Gasteiger partial charge in [0.2, 0.25) is 0 Å². The molecule has 18 heavy (non-hydrogen) atoms. The molecular weight excluding hydrogens is 258 g/mol. The van der Waals surface area contributed by atoms with Crippen molar-refractivity contribution in [2.45, 2.75) is 6.04 Å². The molecule has 0 saturated carbocycles. The highest BCUT2D eigenvalue weighted by molar-refractivity contribution is 6.30. The number of aliphatic hydroxyl groups excluding tert-OH is 1. The van der Waals surface area contributed by atoms with Crippen molar-refractivity contribution in [3.05, 3.63) is 46.2 Å². The fraction of sp³-hybridized carbons (Fsp3) is 0.167. The number of hydrogen-bond acceptors (Lipinski definition) is 4. The number of amides is 1. The maximum Gasteiger partial charge on any atom is 0.347 e. The second-order valence-electron chi connectivity index (χ2n) is 3.71. The molecule has 1 amide bonds. The first-order valence-electron chi connectivity index (χ1n) is 5.12. The third-order valence-electron chi connectivity index (χ3n) is 2.62. The molecule has 0 spiro atoms. The van der Waals surface area contributed by atoms with E-state index in [1.165, 1.54) is 0 Å². The fourth-order valence-corrected chi connectivity index (χ4v) is 1.85. The minimum atomic E-state index is -0.860. The van der Waals surface area contributed by atoms with E-state index in [2.05, 4.69) is 10.1 Å². The molecule has 0 aromatic heterocycles. The van der Waals surface area contributed by atoms with Crippen molar-refractivity contribution in [3.63, 3.8) is 0 Å². The van der Waals surface area contributed by atoms with Gasteiger partial charge >= 0.3 is 5.97 Å². The number of nitrogens with one attached hydrogen (secondary N) is 1. The molecule has 1 aromatic rings. The SMILES string of the molecule is COC(=O)C1=C(O)C(c2ccc(Cl)cc2)NC1=O. The number of aliphatic hydroxyl groups is 1. The van der Waals surface area contributed by atoms with E-state index in [1.807, 2.05) is 0 Å². The molecule has 0 radical (unpaired) electrons. The Morgan fingerprint density at radius 3 is 2.56 bits per heavy atom. The maximum absolute atomic E-state index is 11.6. The van der Waals surface area contributed by atoms with E-state index in [4.69, 9.17) is 11.6 Å². The van der Waals surface area contributed by atoms with E-state index >= 15 is 0 Å². The summed E-state index contributed by atoms with van der Waals surface area (Å²) in [6.07, 6.45) is 0. The summed E-state index contributed by atoms with van der Waals surface area (Å²) in [6.45, 7) is 0. The van der Waals surface area contributed by atoms with Gasteiger partial charge in [0.25, 0.3) is 5.91 Å². The van der Waals surface area contributed by atoms with Crippen molar-refractivity contribution in [3.8, 4) is 0 Å². The standard InChI is InChI=1S/C12H10ClNO4/c1-18-12(17)8-10(15)9(14-11(8)16)6-2-4-7(13)5-3-6/h2-5,9,15H,1H3,(H,14,16). The van der Waals surface area contributed by atoms with Crippen LogP contribution in [-0.2, 0) is 14.3 Å². The van der Waals surface area contributed by atoms with E-state index in [9.17, 15) is 14.7 Å². The van der Waals surface area contributed by atoms with Crippen molar-refractivity contribution in [1.29, 1.82) is 0 Å². The zero-order valence-electron chi connectivity index (χ0n) is 9.44. The number of ether oxygens (including phenoxy) is 1. The van der Waals surface area contributed by atoms with Gasteiger partial charge in [-0.25, -0.2) is 4.79 Å². The van der Waals surface area contributed by atoms with Crippen molar-refractivity contribution in [1.82, 2.24) is 5.32 Å². The molecule has 1 aliphatic rings. The van der Waals surface area contributed by atoms with Crippen LogP contribution in [0.25, 0.3) is 0 Å². The Morgan fingerprint density at radius 2 is 2.00 bits per heavy atom. The summed E-state index contributed by atoms with van der Waals surface area (Å²) in [6, 6.07) is 5.83. The van der Waals surface area contributed by atoms with Crippen LogP contribution in [0.1, 0.15) is 11.6 Å². The Hall–Kier alpha value is -2.01. The lowest BCUT2D eigenvalue weighted by atomic mass is 10.1. The molecule has 2 N–H and O–H groups in total. The number of hydrogen-bond donors (Lipinski definition) is 2. The first-order chi connectivity index (χ1) is 8.54. The minimum Gasteiger partial charge on any atom is -0.509 e. The van der Waals surface area contributed by atoms with Crippen LogP contribution in [0.4, 0.5) is 0 Å². The van der Waals surface area contributed by atoms with E-state index in [-0.39, 0.29) is 11.3 Å². The lowest BCUT2D eigenvalue weighted by molar-refractivity contribution is -0.137. The second kappa shape index (κ2) is 4.70. The van der Waals surface area contributed by atoms with Gasteiger partial charge < -0.3 is 15.2 Å². The van der Waals surface area contributed by atoms with Gasteiger partial charge in [0.05, 0.1) is 7.11 Å². The van der Waals surface area contributed by atoms with E-state index < -0.39 is 17.9 Å². The topological polar surface area (TPSA) is 75.6 Å². The number of esters is 1. The first-order valence-corrected chi connectivity index (χ1v) is 5.50. The zero-order valence-corrected chi connectivity index (χ0v) is 10.2. The smallest absolute Gasteiger partial charge is 0.347 e. The zero-order chi connectivity index (χ0) is 13.3. The summed E-state index contributed by atoms with van der Waals surface area (Å²) >= 11 is 5.75. The Kier molecular flexibility index (Phi) is 3.25. The average molecular weight is 268 g/mol. The van der Waals surface area contributed by atoms with Gasteiger partial charge in [-0.15, -0.1) is 0 Å². The monoisotopic (exact) mass is 267 g/mol. The highest BCUT2D eigenvalue weighted by Gasteiger charge is 2.37. The summed E-state index contributed by atoms with van der Waals surface area (Å²) < 4.78 is 4.44. The molecule has 0 aliphatic carbocycles.